The highest BCUT2D eigenvalue weighted by Crippen LogP contribution is 2.20. The van der Waals surface area contributed by atoms with Crippen LogP contribution in [0.4, 0.5) is 5.69 Å². The first-order valence-corrected chi connectivity index (χ1v) is 11.9. The molecule has 7 heteroatoms. The van der Waals surface area contributed by atoms with E-state index in [1.54, 1.807) is 60.3 Å². The molecule has 0 aliphatic carbocycles. The van der Waals surface area contributed by atoms with Crippen LogP contribution in [0, 0.1) is 0 Å². The first-order valence-electron chi connectivity index (χ1n) is 9.24. The Balaban J connectivity index is 1.64. The summed E-state index contributed by atoms with van der Waals surface area (Å²) in [5.74, 6) is -0.260. The van der Waals surface area contributed by atoms with Gasteiger partial charge < -0.3 is 5.32 Å². The molecule has 0 saturated heterocycles. The Labute approximate surface area is 181 Å². The number of rotatable bonds is 8. The lowest BCUT2D eigenvalue weighted by Gasteiger charge is -2.13. The maximum atomic E-state index is 12.6. The zero-order valence-corrected chi connectivity index (χ0v) is 18.0. The minimum Gasteiger partial charge on any atom is -0.348 e. The van der Waals surface area contributed by atoms with Crippen molar-refractivity contribution in [3.8, 4) is 0 Å². The van der Waals surface area contributed by atoms with Crippen LogP contribution in [0.3, 0.4) is 0 Å². The summed E-state index contributed by atoms with van der Waals surface area (Å²) >= 11 is 1.66. The molecule has 1 amide bonds. The Hall–Kier alpha value is -3.03. The molecule has 0 aliphatic heterocycles. The number of nitrogens with one attached hydrogen (secondary N) is 2. The van der Waals surface area contributed by atoms with E-state index in [0.29, 0.717) is 11.3 Å². The molecule has 0 heterocycles. The van der Waals surface area contributed by atoms with Gasteiger partial charge in [-0.25, -0.2) is 8.42 Å². The summed E-state index contributed by atoms with van der Waals surface area (Å²) < 4.78 is 27.8. The Morgan fingerprint density at radius 3 is 2.30 bits per heavy atom. The highest BCUT2D eigenvalue weighted by Gasteiger charge is 2.15. The highest BCUT2D eigenvalue weighted by atomic mass is 32.2. The smallest absolute Gasteiger partial charge is 0.261 e. The second-order valence-corrected chi connectivity index (χ2v) is 8.96. The summed E-state index contributed by atoms with van der Waals surface area (Å²) in [5.41, 5.74) is 2.03. The molecular formula is C23H22N2O3S2. The number of amides is 1. The van der Waals surface area contributed by atoms with Gasteiger partial charge in [-0.15, -0.1) is 11.8 Å². The second kappa shape index (κ2) is 10.1. The number of carbonyl (C=O) groups is 1. The third-order valence-corrected chi connectivity index (χ3v) is 6.44. The van der Waals surface area contributed by atoms with Gasteiger partial charge in [0.05, 0.1) is 10.6 Å². The number of para-hydroxylation sites is 1. The Morgan fingerprint density at radius 1 is 0.933 bits per heavy atom. The highest BCUT2D eigenvalue weighted by molar-refractivity contribution is 7.98. The van der Waals surface area contributed by atoms with Gasteiger partial charge in [0.25, 0.3) is 10.0 Å². The van der Waals surface area contributed by atoms with Crippen molar-refractivity contribution in [3.05, 3.63) is 96.1 Å². The summed E-state index contributed by atoms with van der Waals surface area (Å²) in [7, 11) is -3.70. The van der Waals surface area contributed by atoms with E-state index in [0.717, 1.165) is 10.5 Å². The molecule has 0 unspecified atom stereocenters. The number of hydrogen-bond donors (Lipinski definition) is 2. The minimum atomic E-state index is -3.70. The van der Waals surface area contributed by atoms with Gasteiger partial charge in [-0.05, 0) is 53.8 Å². The van der Waals surface area contributed by atoms with E-state index in [1.165, 1.54) is 18.2 Å². The number of anilines is 1. The summed E-state index contributed by atoms with van der Waals surface area (Å²) in [5, 5.41) is 2.79. The standard InChI is InChI=1S/C23H22N2O3S2/c1-29-20-14-11-18(12-15-20)13-16-23(26)24-17-19-7-5-6-10-22(19)25-30(27,28)21-8-3-2-4-9-21/h2-16,25H,17H2,1H3,(H,24,26)/b16-13+. The second-order valence-electron chi connectivity index (χ2n) is 6.40. The van der Waals surface area contributed by atoms with Gasteiger partial charge in [0, 0.05) is 17.5 Å². The van der Waals surface area contributed by atoms with Gasteiger partial charge in [0.2, 0.25) is 5.91 Å². The van der Waals surface area contributed by atoms with Gasteiger partial charge in [0.15, 0.2) is 0 Å². The summed E-state index contributed by atoms with van der Waals surface area (Å²) in [6.07, 6.45) is 5.21. The lowest BCUT2D eigenvalue weighted by atomic mass is 10.2. The zero-order chi connectivity index (χ0) is 21.4. The normalized spacial score (nSPS) is 11.4. The number of thioether (sulfide) groups is 1. The Kier molecular flexibility index (Phi) is 7.32. The molecule has 0 saturated carbocycles. The van der Waals surface area contributed by atoms with Gasteiger partial charge in [-0.1, -0.05) is 48.5 Å². The third kappa shape index (κ3) is 5.98. The number of benzene rings is 3. The fraction of sp³-hybridized carbons (Fsp3) is 0.0870. The average Bonchev–Trinajstić information content (AvgIpc) is 2.78. The quantitative estimate of drug-likeness (QED) is 0.400. The molecule has 30 heavy (non-hydrogen) atoms. The van der Waals surface area contributed by atoms with Gasteiger partial charge in [0.1, 0.15) is 0 Å². The van der Waals surface area contributed by atoms with Crippen molar-refractivity contribution in [2.45, 2.75) is 16.3 Å². The Bertz CT molecular complexity index is 1130. The lowest BCUT2D eigenvalue weighted by molar-refractivity contribution is -0.116. The van der Waals surface area contributed by atoms with Crippen LogP contribution in [0.25, 0.3) is 6.08 Å². The Morgan fingerprint density at radius 2 is 1.60 bits per heavy atom. The van der Waals surface area contributed by atoms with Crippen LogP contribution in [0.15, 0.2) is 94.7 Å². The SMILES string of the molecule is CSc1ccc(/C=C/C(=O)NCc2ccccc2NS(=O)(=O)c2ccccc2)cc1. The van der Waals surface area contributed by atoms with E-state index in [-0.39, 0.29) is 17.3 Å². The predicted molar refractivity (Wildman–Crippen MR) is 123 cm³/mol. The van der Waals surface area contributed by atoms with Crippen LogP contribution in [0.2, 0.25) is 0 Å². The average molecular weight is 439 g/mol. The molecule has 0 radical (unpaired) electrons. The fourth-order valence-corrected chi connectivity index (χ4v) is 4.24. The molecule has 154 valence electrons. The molecule has 2 N–H and O–H groups in total. The topological polar surface area (TPSA) is 75.3 Å². The molecule has 0 aromatic heterocycles. The van der Waals surface area contributed by atoms with Crippen LogP contribution in [-0.2, 0) is 21.4 Å². The van der Waals surface area contributed by atoms with Gasteiger partial charge >= 0.3 is 0 Å². The summed E-state index contributed by atoms with van der Waals surface area (Å²) in [6.45, 7) is 0.196. The van der Waals surface area contributed by atoms with Crippen LogP contribution >= 0.6 is 11.8 Å². The van der Waals surface area contributed by atoms with Gasteiger partial charge in [-0.2, -0.15) is 0 Å². The van der Waals surface area contributed by atoms with Crippen molar-refractivity contribution < 1.29 is 13.2 Å². The van der Waals surface area contributed by atoms with Crippen LogP contribution in [0.1, 0.15) is 11.1 Å². The molecule has 0 fully saturated rings. The first-order chi connectivity index (χ1) is 14.5. The minimum absolute atomic E-state index is 0.180. The van der Waals surface area contributed by atoms with E-state index >= 15 is 0 Å². The van der Waals surface area contributed by atoms with Gasteiger partial charge in [-0.3, -0.25) is 9.52 Å². The van der Waals surface area contributed by atoms with Crippen molar-refractivity contribution in [3.63, 3.8) is 0 Å². The summed E-state index contributed by atoms with van der Waals surface area (Å²) in [6, 6.07) is 23.0. The monoisotopic (exact) mass is 438 g/mol. The maximum Gasteiger partial charge on any atom is 0.261 e. The van der Waals surface area contributed by atoms with E-state index < -0.39 is 10.0 Å². The lowest BCUT2D eigenvalue weighted by Crippen LogP contribution is -2.22. The van der Waals surface area contributed by atoms with Crippen LogP contribution in [-0.4, -0.2) is 20.6 Å². The molecule has 0 atom stereocenters. The largest absolute Gasteiger partial charge is 0.348 e. The molecule has 0 aliphatic rings. The zero-order valence-electron chi connectivity index (χ0n) is 16.4. The van der Waals surface area contributed by atoms with Crippen molar-refractivity contribution in [1.82, 2.24) is 5.32 Å². The van der Waals surface area contributed by atoms with E-state index in [9.17, 15) is 13.2 Å². The number of carbonyl (C=O) groups excluding carboxylic acids is 1. The number of sulfonamides is 1. The van der Waals surface area contributed by atoms with E-state index in [2.05, 4.69) is 10.0 Å². The van der Waals surface area contributed by atoms with Crippen molar-refractivity contribution >= 4 is 39.5 Å². The third-order valence-electron chi connectivity index (χ3n) is 4.31. The van der Waals surface area contributed by atoms with Crippen molar-refractivity contribution in [1.29, 1.82) is 0 Å². The molecule has 3 rings (SSSR count). The molecule has 3 aromatic rings. The number of hydrogen-bond acceptors (Lipinski definition) is 4. The van der Waals surface area contributed by atoms with E-state index in [4.69, 9.17) is 0 Å². The van der Waals surface area contributed by atoms with Crippen molar-refractivity contribution in [2.24, 2.45) is 0 Å². The fourth-order valence-electron chi connectivity index (χ4n) is 2.71. The molecule has 3 aromatic carbocycles. The van der Waals surface area contributed by atoms with Crippen molar-refractivity contribution in [2.75, 3.05) is 11.0 Å². The summed E-state index contributed by atoms with van der Waals surface area (Å²) in [4.78, 5) is 13.5. The molecule has 0 bridgehead atoms. The van der Waals surface area contributed by atoms with Crippen LogP contribution < -0.4 is 10.0 Å². The molecule has 0 spiro atoms. The molecular weight excluding hydrogens is 416 g/mol. The predicted octanol–water partition coefficient (Wildman–Crippen LogP) is 4.54. The molecule has 5 nitrogen and oxygen atoms in total. The van der Waals surface area contributed by atoms with E-state index in [1.807, 2.05) is 30.5 Å². The van der Waals surface area contributed by atoms with Crippen LogP contribution in [0.5, 0.6) is 0 Å². The first kappa shape index (κ1) is 21.7. The maximum absolute atomic E-state index is 12.6.